The molecule has 2 aromatic rings. The van der Waals surface area contributed by atoms with Crippen LogP contribution in [0.3, 0.4) is 0 Å². The highest BCUT2D eigenvalue weighted by Crippen LogP contribution is 2.44. The number of carbonyl (C=O) groups is 2. The van der Waals surface area contributed by atoms with E-state index < -0.39 is 11.5 Å². The fraction of sp³-hybridized carbons (Fsp3) is 0.435. The van der Waals surface area contributed by atoms with Gasteiger partial charge in [-0.3, -0.25) is 9.59 Å². The molecule has 0 bridgehead atoms. The van der Waals surface area contributed by atoms with Gasteiger partial charge in [-0.25, -0.2) is 4.98 Å². The quantitative estimate of drug-likeness (QED) is 0.741. The molecule has 5 rings (SSSR count). The molecule has 7 nitrogen and oxygen atoms in total. The number of hydrogen-bond acceptors (Lipinski definition) is 5. The Balaban J connectivity index is 1.46. The van der Waals surface area contributed by atoms with E-state index in [1.807, 2.05) is 12.1 Å². The number of fused-ring (bicyclic) bond motifs is 2. The predicted molar refractivity (Wildman–Crippen MR) is 116 cm³/mol. The average molecular weight is 442 g/mol. The fourth-order valence-electron chi connectivity index (χ4n) is 4.88. The van der Waals surface area contributed by atoms with Crippen LogP contribution in [0.15, 0.2) is 24.4 Å². The van der Waals surface area contributed by atoms with Crippen LogP contribution in [-0.2, 0) is 13.0 Å². The molecule has 2 N–H and O–H groups in total. The van der Waals surface area contributed by atoms with Crippen LogP contribution in [0.25, 0.3) is 0 Å². The average Bonchev–Trinajstić information content (AvgIpc) is 3.30. The molecule has 1 aromatic carbocycles. The van der Waals surface area contributed by atoms with Gasteiger partial charge in [-0.1, -0.05) is 23.7 Å². The minimum absolute atomic E-state index is 0.167. The first-order chi connectivity index (χ1) is 14.8. The molecule has 1 saturated carbocycles. The lowest BCUT2D eigenvalue weighted by molar-refractivity contribution is -0.0224. The van der Waals surface area contributed by atoms with Crippen molar-refractivity contribution in [1.29, 1.82) is 0 Å². The number of rotatable bonds is 5. The van der Waals surface area contributed by atoms with Gasteiger partial charge in [0.25, 0.3) is 11.8 Å². The second-order valence-electron chi connectivity index (χ2n) is 9.03. The van der Waals surface area contributed by atoms with Crippen molar-refractivity contribution in [1.82, 2.24) is 9.88 Å². The van der Waals surface area contributed by atoms with Crippen LogP contribution in [-0.4, -0.2) is 45.1 Å². The number of benzene rings is 1. The third-order valence-corrected chi connectivity index (χ3v) is 6.54. The van der Waals surface area contributed by atoms with Crippen molar-refractivity contribution < 1.29 is 19.4 Å². The second kappa shape index (κ2) is 7.21. The molecular formula is C23H24ClN3O4. The smallest absolute Gasteiger partial charge is 0.257 e. The lowest BCUT2D eigenvalue weighted by Crippen LogP contribution is -2.51. The second-order valence-corrected chi connectivity index (χ2v) is 9.43. The molecule has 0 radical (unpaired) electrons. The van der Waals surface area contributed by atoms with Crippen LogP contribution in [0.2, 0.25) is 5.02 Å². The van der Waals surface area contributed by atoms with Crippen molar-refractivity contribution in [3.05, 3.63) is 51.7 Å². The number of aliphatic hydroxyl groups is 1. The van der Waals surface area contributed by atoms with E-state index in [2.05, 4.69) is 10.3 Å². The number of amides is 2. The Kier molecular flexibility index (Phi) is 4.71. The van der Waals surface area contributed by atoms with E-state index in [9.17, 15) is 14.7 Å². The maximum atomic E-state index is 13.4. The third kappa shape index (κ3) is 3.46. The van der Waals surface area contributed by atoms with Crippen LogP contribution in [0.4, 0.5) is 5.69 Å². The molecule has 1 aromatic heterocycles. The van der Waals surface area contributed by atoms with Gasteiger partial charge >= 0.3 is 0 Å². The Hall–Kier alpha value is -2.64. The highest BCUT2D eigenvalue weighted by Gasteiger charge is 2.48. The molecule has 3 heterocycles. The van der Waals surface area contributed by atoms with Crippen molar-refractivity contribution in [2.45, 2.75) is 51.3 Å². The van der Waals surface area contributed by atoms with Crippen molar-refractivity contribution in [3.63, 3.8) is 0 Å². The minimum atomic E-state index is -1.01. The number of ether oxygens (including phenoxy) is 1. The molecule has 8 heteroatoms. The number of nitrogens with one attached hydrogen (secondary N) is 1. The zero-order valence-electron chi connectivity index (χ0n) is 17.4. The number of pyridine rings is 1. The summed E-state index contributed by atoms with van der Waals surface area (Å²) in [6, 6.07) is 5.18. The summed E-state index contributed by atoms with van der Waals surface area (Å²) in [5.74, 6) is 0.163. The molecule has 0 unspecified atom stereocenters. The highest BCUT2D eigenvalue weighted by atomic mass is 35.5. The first-order valence-corrected chi connectivity index (χ1v) is 10.9. The molecule has 1 aliphatic carbocycles. The lowest BCUT2D eigenvalue weighted by atomic mass is 9.93. The zero-order chi connectivity index (χ0) is 21.9. The highest BCUT2D eigenvalue weighted by molar-refractivity contribution is 6.34. The molecule has 2 amide bonds. The van der Waals surface area contributed by atoms with Crippen LogP contribution >= 0.6 is 11.6 Å². The van der Waals surface area contributed by atoms with Crippen LogP contribution in [0, 0.1) is 5.92 Å². The van der Waals surface area contributed by atoms with Crippen LogP contribution in [0.5, 0.6) is 5.88 Å². The molecule has 3 aliphatic rings. The Morgan fingerprint density at radius 1 is 1.39 bits per heavy atom. The van der Waals surface area contributed by atoms with E-state index in [0.29, 0.717) is 53.7 Å². The molecule has 1 fully saturated rings. The molecule has 0 spiro atoms. The van der Waals surface area contributed by atoms with E-state index >= 15 is 0 Å². The first kappa shape index (κ1) is 20.3. The fourth-order valence-corrected chi connectivity index (χ4v) is 5.13. The third-order valence-electron chi connectivity index (χ3n) is 6.25. The minimum Gasteiger partial charge on any atom is -0.477 e. The SMILES string of the molecule is CC(C)(O)[C@@H](C1CC1)N1Cc2cccc(NC(=O)c3c(Cl)cnc4c3CCO4)c2C1=O. The van der Waals surface area contributed by atoms with E-state index in [-0.39, 0.29) is 17.0 Å². The van der Waals surface area contributed by atoms with Crippen molar-refractivity contribution >= 4 is 29.1 Å². The summed E-state index contributed by atoms with van der Waals surface area (Å²) in [6.07, 6.45) is 3.98. The summed E-state index contributed by atoms with van der Waals surface area (Å²) in [4.78, 5) is 32.5. The predicted octanol–water partition coefficient (Wildman–Crippen LogP) is 3.43. The maximum Gasteiger partial charge on any atom is 0.257 e. The summed E-state index contributed by atoms with van der Waals surface area (Å²) < 4.78 is 5.45. The standard InChI is InChI=1S/C23H24ClN3O4/c1-23(2,30)19(12-6-7-12)27-11-13-4-3-5-16(17(13)22(27)29)26-20(28)18-14-8-9-31-21(14)25-10-15(18)24/h3-5,10,12,19,30H,6-9,11H2,1-2H3,(H,26,28)/t19-/m1/s1. The number of anilines is 1. The summed E-state index contributed by atoms with van der Waals surface area (Å²) in [6.45, 7) is 4.38. The Bertz CT molecular complexity index is 1090. The lowest BCUT2D eigenvalue weighted by Gasteiger charge is -2.37. The van der Waals surface area contributed by atoms with E-state index in [0.717, 1.165) is 18.4 Å². The normalized spacial score (nSPS) is 18.5. The molecule has 31 heavy (non-hydrogen) atoms. The first-order valence-electron chi connectivity index (χ1n) is 10.5. The molecule has 1 atom stereocenters. The van der Waals surface area contributed by atoms with Gasteiger partial charge < -0.3 is 20.1 Å². The largest absolute Gasteiger partial charge is 0.477 e. The number of halogens is 1. The summed E-state index contributed by atoms with van der Waals surface area (Å²) >= 11 is 6.29. The Morgan fingerprint density at radius 3 is 2.87 bits per heavy atom. The Morgan fingerprint density at radius 2 is 2.16 bits per heavy atom. The van der Waals surface area contributed by atoms with Crippen molar-refractivity contribution in [2.24, 2.45) is 5.92 Å². The van der Waals surface area contributed by atoms with E-state index in [1.54, 1.807) is 24.8 Å². The van der Waals surface area contributed by atoms with Crippen LogP contribution < -0.4 is 10.1 Å². The molecule has 2 aliphatic heterocycles. The summed E-state index contributed by atoms with van der Waals surface area (Å²) in [5.41, 5.74) is 1.77. The number of carbonyl (C=O) groups excluding carboxylic acids is 2. The maximum absolute atomic E-state index is 13.4. The van der Waals surface area contributed by atoms with Gasteiger partial charge in [0.2, 0.25) is 5.88 Å². The van der Waals surface area contributed by atoms with Gasteiger partial charge in [0.15, 0.2) is 0 Å². The van der Waals surface area contributed by atoms with Crippen molar-refractivity contribution in [3.8, 4) is 5.88 Å². The van der Waals surface area contributed by atoms with Crippen LogP contribution in [0.1, 0.15) is 58.5 Å². The molecule has 0 saturated heterocycles. The van der Waals surface area contributed by atoms with Gasteiger partial charge in [-0.15, -0.1) is 0 Å². The van der Waals surface area contributed by atoms with E-state index in [4.69, 9.17) is 16.3 Å². The van der Waals surface area contributed by atoms with Gasteiger partial charge in [0, 0.05) is 18.5 Å². The number of hydrogen-bond donors (Lipinski definition) is 2. The van der Waals surface area contributed by atoms with Crippen molar-refractivity contribution in [2.75, 3.05) is 11.9 Å². The van der Waals surface area contributed by atoms with E-state index in [1.165, 1.54) is 6.20 Å². The summed E-state index contributed by atoms with van der Waals surface area (Å²) in [5, 5.41) is 13.9. The van der Waals surface area contributed by atoms with Gasteiger partial charge in [0.1, 0.15) is 0 Å². The van der Waals surface area contributed by atoms with Gasteiger partial charge in [-0.05, 0) is 44.2 Å². The Labute approximate surface area is 185 Å². The monoisotopic (exact) mass is 441 g/mol. The number of nitrogens with zero attached hydrogens (tertiary/aromatic N) is 2. The molecule has 162 valence electrons. The topological polar surface area (TPSA) is 91.8 Å². The summed E-state index contributed by atoms with van der Waals surface area (Å²) in [7, 11) is 0. The number of aromatic nitrogens is 1. The van der Waals surface area contributed by atoms with Gasteiger partial charge in [0.05, 0.1) is 46.3 Å². The molecular weight excluding hydrogens is 418 g/mol. The zero-order valence-corrected chi connectivity index (χ0v) is 18.2. The van der Waals surface area contributed by atoms with Gasteiger partial charge in [-0.2, -0.15) is 0 Å².